The van der Waals surface area contributed by atoms with Crippen molar-refractivity contribution in [2.24, 2.45) is 0 Å². The van der Waals surface area contributed by atoms with Crippen LogP contribution in [0, 0.1) is 12.7 Å². The average molecular weight is 297 g/mol. The molecule has 110 valence electrons. The van der Waals surface area contributed by atoms with Crippen molar-refractivity contribution in [3.63, 3.8) is 0 Å². The highest BCUT2D eigenvalue weighted by Crippen LogP contribution is 2.30. The molecule has 2 rings (SSSR count). The Kier molecular flexibility index (Phi) is 3.97. The molecule has 0 heterocycles. The largest absolute Gasteiger partial charge is 0.416 e. The summed E-state index contributed by atoms with van der Waals surface area (Å²) in [6.07, 6.45) is -4.63. The molecule has 0 aliphatic rings. The lowest BCUT2D eigenvalue weighted by Gasteiger charge is -2.10. The van der Waals surface area contributed by atoms with Crippen molar-refractivity contribution in [2.75, 3.05) is 5.32 Å². The molecule has 2 aromatic carbocycles. The minimum atomic E-state index is -4.63. The van der Waals surface area contributed by atoms with E-state index in [2.05, 4.69) is 5.32 Å². The fourth-order valence-corrected chi connectivity index (χ4v) is 1.80. The molecule has 0 atom stereocenters. The first-order valence-electron chi connectivity index (χ1n) is 6.02. The second-order valence-electron chi connectivity index (χ2n) is 4.52. The molecule has 0 aliphatic carbocycles. The number of aryl methyl sites for hydroxylation is 1. The average Bonchev–Trinajstić information content (AvgIpc) is 2.37. The van der Waals surface area contributed by atoms with Gasteiger partial charge < -0.3 is 5.32 Å². The summed E-state index contributed by atoms with van der Waals surface area (Å²) in [5, 5.41) is 2.37. The zero-order chi connectivity index (χ0) is 15.6. The number of hydrogen-bond donors (Lipinski definition) is 1. The summed E-state index contributed by atoms with van der Waals surface area (Å²) in [5.74, 6) is -1.93. The van der Waals surface area contributed by atoms with Crippen LogP contribution in [0.3, 0.4) is 0 Å². The number of alkyl halides is 3. The number of halogens is 4. The van der Waals surface area contributed by atoms with Gasteiger partial charge in [-0.2, -0.15) is 13.2 Å². The third kappa shape index (κ3) is 3.59. The molecule has 1 amide bonds. The molecule has 0 saturated heterocycles. The zero-order valence-corrected chi connectivity index (χ0v) is 11.0. The Morgan fingerprint density at radius 2 is 1.81 bits per heavy atom. The summed E-state index contributed by atoms with van der Waals surface area (Å²) in [5.41, 5.74) is -0.473. The van der Waals surface area contributed by atoms with Gasteiger partial charge in [-0.1, -0.05) is 12.1 Å². The Labute approximate surface area is 118 Å². The van der Waals surface area contributed by atoms with Gasteiger partial charge in [0.25, 0.3) is 5.91 Å². The summed E-state index contributed by atoms with van der Waals surface area (Å²) < 4.78 is 51.3. The van der Waals surface area contributed by atoms with E-state index in [1.165, 1.54) is 0 Å². The number of benzene rings is 2. The molecule has 0 saturated carbocycles. The second-order valence-corrected chi connectivity index (χ2v) is 4.52. The van der Waals surface area contributed by atoms with Crippen LogP contribution in [-0.4, -0.2) is 5.91 Å². The van der Waals surface area contributed by atoms with Gasteiger partial charge in [-0.3, -0.25) is 4.79 Å². The Hall–Kier alpha value is -2.37. The predicted molar refractivity (Wildman–Crippen MR) is 70.5 cm³/mol. The molecule has 6 heteroatoms. The Morgan fingerprint density at radius 3 is 2.43 bits per heavy atom. The molecule has 1 N–H and O–H groups in total. The number of hydrogen-bond acceptors (Lipinski definition) is 1. The fourth-order valence-electron chi connectivity index (χ4n) is 1.80. The van der Waals surface area contributed by atoms with E-state index in [4.69, 9.17) is 0 Å². The normalized spacial score (nSPS) is 11.3. The van der Waals surface area contributed by atoms with E-state index in [1.54, 1.807) is 31.2 Å². The molecule has 21 heavy (non-hydrogen) atoms. The van der Waals surface area contributed by atoms with Crippen molar-refractivity contribution < 1.29 is 22.4 Å². The minimum Gasteiger partial charge on any atom is -0.322 e. The standard InChI is InChI=1S/C15H11F4NO/c1-9-3-2-4-11(7-9)20-14(21)12-8-10(15(17,18)19)5-6-13(12)16/h2-8H,1H3,(H,20,21). The molecule has 2 nitrogen and oxygen atoms in total. The van der Waals surface area contributed by atoms with E-state index in [-0.39, 0.29) is 0 Å². The number of carbonyl (C=O) groups is 1. The number of anilines is 1. The number of rotatable bonds is 2. The first-order chi connectivity index (χ1) is 9.77. The van der Waals surface area contributed by atoms with Gasteiger partial charge in [0.1, 0.15) is 5.82 Å². The van der Waals surface area contributed by atoms with Crippen molar-refractivity contribution in [3.05, 3.63) is 65.0 Å². The predicted octanol–water partition coefficient (Wildman–Crippen LogP) is 4.41. The lowest BCUT2D eigenvalue weighted by Crippen LogP contribution is -2.16. The van der Waals surface area contributed by atoms with Gasteiger partial charge in [0.2, 0.25) is 0 Å². The van der Waals surface area contributed by atoms with Crippen molar-refractivity contribution >= 4 is 11.6 Å². The Morgan fingerprint density at radius 1 is 1.10 bits per heavy atom. The minimum absolute atomic E-state index is 0.386. The second kappa shape index (κ2) is 5.55. The molecule has 0 fully saturated rings. The van der Waals surface area contributed by atoms with Gasteiger partial charge in [0.05, 0.1) is 11.1 Å². The molecule has 0 aliphatic heterocycles. The highest BCUT2D eigenvalue weighted by atomic mass is 19.4. The maximum Gasteiger partial charge on any atom is 0.416 e. The van der Waals surface area contributed by atoms with Crippen molar-refractivity contribution in [2.45, 2.75) is 13.1 Å². The van der Waals surface area contributed by atoms with Crippen LogP contribution < -0.4 is 5.32 Å². The van der Waals surface area contributed by atoms with Gasteiger partial charge in [0, 0.05) is 5.69 Å². The molecular formula is C15H11F4NO. The Bertz CT molecular complexity index is 680. The molecular weight excluding hydrogens is 286 g/mol. The van der Waals surface area contributed by atoms with Crippen LogP contribution in [0.2, 0.25) is 0 Å². The van der Waals surface area contributed by atoms with Crippen molar-refractivity contribution in [1.82, 2.24) is 0 Å². The van der Waals surface area contributed by atoms with E-state index < -0.39 is 29.0 Å². The van der Waals surface area contributed by atoms with E-state index in [0.717, 1.165) is 5.56 Å². The number of carbonyl (C=O) groups excluding carboxylic acids is 1. The first-order valence-corrected chi connectivity index (χ1v) is 6.02. The van der Waals surface area contributed by atoms with Crippen LogP contribution in [0.15, 0.2) is 42.5 Å². The van der Waals surface area contributed by atoms with Gasteiger partial charge in [-0.05, 0) is 42.8 Å². The van der Waals surface area contributed by atoms with Crippen molar-refractivity contribution in [1.29, 1.82) is 0 Å². The third-order valence-corrected chi connectivity index (χ3v) is 2.81. The molecule has 0 spiro atoms. The van der Waals surface area contributed by atoms with Crippen LogP contribution in [-0.2, 0) is 6.18 Å². The van der Waals surface area contributed by atoms with E-state index in [9.17, 15) is 22.4 Å². The fraction of sp³-hybridized carbons (Fsp3) is 0.133. The molecule has 2 aromatic rings. The summed E-state index contributed by atoms with van der Waals surface area (Å²) in [6.45, 7) is 1.79. The van der Waals surface area contributed by atoms with E-state index >= 15 is 0 Å². The summed E-state index contributed by atoms with van der Waals surface area (Å²) in [4.78, 5) is 11.9. The van der Waals surface area contributed by atoms with Gasteiger partial charge in [0.15, 0.2) is 0 Å². The molecule has 0 radical (unpaired) electrons. The van der Waals surface area contributed by atoms with Crippen LogP contribution in [0.5, 0.6) is 0 Å². The van der Waals surface area contributed by atoms with Crippen LogP contribution >= 0.6 is 0 Å². The topological polar surface area (TPSA) is 29.1 Å². The monoisotopic (exact) mass is 297 g/mol. The lowest BCUT2D eigenvalue weighted by molar-refractivity contribution is -0.137. The maximum atomic E-state index is 13.6. The number of nitrogens with one attached hydrogen (secondary N) is 1. The highest BCUT2D eigenvalue weighted by molar-refractivity contribution is 6.04. The lowest BCUT2D eigenvalue weighted by atomic mass is 10.1. The first kappa shape index (κ1) is 15.0. The summed E-state index contributed by atoms with van der Waals surface area (Å²) >= 11 is 0. The molecule has 0 unspecified atom stereocenters. The van der Waals surface area contributed by atoms with Crippen LogP contribution in [0.25, 0.3) is 0 Å². The highest BCUT2D eigenvalue weighted by Gasteiger charge is 2.31. The van der Waals surface area contributed by atoms with Crippen LogP contribution in [0.4, 0.5) is 23.2 Å². The summed E-state index contributed by atoms with van der Waals surface area (Å²) in [6, 6.07) is 8.39. The van der Waals surface area contributed by atoms with Gasteiger partial charge in [-0.15, -0.1) is 0 Å². The maximum absolute atomic E-state index is 13.6. The zero-order valence-electron chi connectivity index (χ0n) is 11.0. The van der Waals surface area contributed by atoms with E-state index in [0.29, 0.717) is 23.9 Å². The van der Waals surface area contributed by atoms with Gasteiger partial charge in [-0.25, -0.2) is 4.39 Å². The smallest absolute Gasteiger partial charge is 0.322 e. The molecule has 0 aromatic heterocycles. The molecule has 0 bridgehead atoms. The number of amides is 1. The summed E-state index contributed by atoms with van der Waals surface area (Å²) in [7, 11) is 0. The quantitative estimate of drug-likeness (QED) is 0.818. The van der Waals surface area contributed by atoms with E-state index in [1.807, 2.05) is 0 Å². The van der Waals surface area contributed by atoms with Crippen molar-refractivity contribution in [3.8, 4) is 0 Å². The Balaban J connectivity index is 2.31. The van der Waals surface area contributed by atoms with Gasteiger partial charge >= 0.3 is 6.18 Å². The van der Waals surface area contributed by atoms with Crippen LogP contribution in [0.1, 0.15) is 21.5 Å². The third-order valence-electron chi connectivity index (χ3n) is 2.81. The SMILES string of the molecule is Cc1cccc(NC(=O)c2cc(C(F)(F)F)ccc2F)c1.